The molecule has 0 saturated heterocycles. The molecule has 18 heavy (non-hydrogen) atoms. The Labute approximate surface area is 112 Å². The van der Waals surface area contributed by atoms with Gasteiger partial charge in [-0.1, -0.05) is 41.5 Å². The number of aldehydes is 1. The maximum absolute atomic E-state index is 12.0. The first-order valence-corrected chi connectivity index (χ1v) is 8.69. The third-order valence-electron chi connectivity index (χ3n) is 3.62. The van der Waals surface area contributed by atoms with E-state index in [0.717, 1.165) is 0 Å². The summed E-state index contributed by atoms with van der Waals surface area (Å²) in [6, 6.07) is 0. The third kappa shape index (κ3) is 3.54. The van der Waals surface area contributed by atoms with E-state index in [1.807, 2.05) is 0 Å². The van der Waals surface area contributed by atoms with E-state index < -0.39 is 8.32 Å². The van der Waals surface area contributed by atoms with Crippen LogP contribution in [0.3, 0.4) is 0 Å². The van der Waals surface area contributed by atoms with Crippen LogP contribution < -0.4 is 0 Å². The highest BCUT2D eigenvalue weighted by atomic mass is 28.4. The van der Waals surface area contributed by atoms with Gasteiger partial charge in [0.1, 0.15) is 6.29 Å². The highest BCUT2D eigenvalue weighted by molar-refractivity contribution is 6.79. The summed E-state index contributed by atoms with van der Waals surface area (Å²) < 4.78 is 5.91. The Morgan fingerprint density at radius 3 is 1.67 bits per heavy atom. The van der Waals surface area contributed by atoms with Gasteiger partial charge in [0.05, 0.1) is 0 Å². The van der Waals surface area contributed by atoms with Gasteiger partial charge in [0.25, 0.3) is 8.32 Å². The molecule has 0 aromatic rings. The summed E-state index contributed by atoms with van der Waals surface area (Å²) >= 11 is 0. The van der Waals surface area contributed by atoms with E-state index in [0.29, 0.717) is 28.5 Å². The largest absolute Gasteiger partial charge is 0.515 e. The number of hydrogen-bond acceptors (Lipinski definition) is 3. The van der Waals surface area contributed by atoms with Crippen molar-refractivity contribution in [3.63, 3.8) is 0 Å². The van der Waals surface area contributed by atoms with Crippen molar-refractivity contribution in [1.82, 2.24) is 0 Å². The van der Waals surface area contributed by atoms with Gasteiger partial charge in [0.2, 0.25) is 0 Å². The molecule has 0 rings (SSSR count). The highest BCUT2D eigenvalue weighted by Crippen LogP contribution is 2.42. The average molecular weight is 270 g/mol. The Bertz CT molecular complexity index is 308. The average Bonchev–Trinajstić information content (AvgIpc) is 2.24. The minimum absolute atomic E-state index is 0.343. The van der Waals surface area contributed by atoms with E-state index in [4.69, 9.17) is 4.43 Å². The highest BCUT2D eigenvalue weighted by Gasteiger charge is 2.48. The predicted octanol–water partition coefficient (Wildman–Crippen LogP) is 3.85. The Balaban J connectivity index is 5.31. The predicted molar refractivity (Wildman–Crippen MR) is 77.0 cm³/mol. The van der Waals surface area contributed by atoms with Crippen LogP contribution in [-0.4, -0.2) is 20.6 Å². The lowest BCUT2D eigenvalue weighted by Crippen LogP contribution is -2.49. The molecular weight excluding hydrogens is 244 g/mol. The van der Waals surface area contributed by atoms with Gasteiger partial charge in [0.15, 0.2) is 0 Å². The van der Waals surface area contributed by atoms with E-state index in [9.17, 15) is 9.59 Å². The number of allylic oxidation sites excluding steroid dienone is 1. The Kier molecular flexibility index (Phi) is 6.53. The van der Waals surface area contributed by atoms with Crippen LogP contribution >= 0.6 is 0 Å². The lowest BCUT2D eigenvalue weighted by atomic mass is 10.3. The van der Waals surface area contributed by atoms with Gasteiger partial charge < -0.3 is 4.43 Å². The molecule has 0 atom stereocenters. The van der Waals surface area contributed by atoms with Crippen molar-refractivity contribution >= 4 is 20.6 Å². The van der Waals surface area contributed by atoms with Crippen molar-refractivity contribution in [2.24, 2.45) is 0 Å². The zero-order valence-corrected chi connectivity index (χ0v) is 13.6. The molecule has 0 bridgehead atoms. The van der Waals surface area contributed by atoms with Crippen LogP contribution in [0.15, 0.2) is 11.6 Å². The number of rotatable bonds is 6. The van der Waals surface area contributed by atoms with Crippen LogP contribution in [0.5, 0.6) is 0 Å². The van der Waals surface area contributed by atoms with Crippen molar-refractivity contribution in [2.75, 3.05) is 0 Å². The SMILES string of the molecule is C/C(=C/C=O)C(=O)O[Si](C(C)C)(C(C)C)C(C)C. The monoisotopic (exact) mass is 270 g/mol. The van der Waals surface area contributed by atoms with Crippen molar-refractivity contribution in [3.8, 4) is 0 Å². The third-order valence-corrected chi connectivity index (χ3v) is 9.57. The van der Waals surface area contributed by atoms with Crippen LogP contribution in [-0.2, 0) is 14.0 Å². The summed E-state index contributed by atoms with van der Waals surface area (Å²) in [5.74, 6) is -0.343. The van der Waals surface area contributed by atoms with Crippen LogP contribution in [0.2, 0.25) is 16.6 Å². The fraction of sp³-hybridized carbons (Fsp3) is 0.714. The Morgan fingerprint density at radius 2 is 1.39 bits per heavy atom. The maximum atomic E-state index is 12.0. The van der Waals surface area contributed by atoms with E-state index in [-0.39, 0.29) is 5.97 Å². The molecule has 3 nitrogen and oxygen atoms in total. The molecular formula is C14H26O3Si. The van der Waals surface area contributed by atoms with Crippen molar-refractivity contribution in [3.05, 3.63) is 11.6 Å². The molecule has 0 heterocycles. The van der Waals surface area contributed by atoms with Gasteiger partial charge in [-0.25, -0.2) is 4.79 Å². The molecule has 0 N–H and O–H groups in total. The minimum atomic E-state index is -2.19. The fourth-order valence-corrected chi connectivity index (χ4v) is 7.95. The van der Waals surface area contributed by atoms with Crippen LogP contribution in [0.1, 0.15) is 48.5 Å². The van der Waals surface area contributed by atoms with Crippen molar-refractivity contribution in [2.45, 2.75) is 65.1 Å². The molecule has 0 radical (unpaired) electrons. The second-order valence-electron chi connectivity index (χ2n) is 5.69. The Hall–Kier alpha value is -0.903. The van der Waals surface area contributed by atoms with Gasteiger partial charge in [-0.05, 0) is 29.6 Å². The molecule has 0 aromatic heterocycles. The van der Waals surface area contributed by atoms with Gasteiger partial charge in [0, 0.05) is 5.57 Å². The lowest BCUT2D eigenvalue weighted by Gasteiger charge is -2.41. The summed E-state index contributed by atoms with van der Waals surface area (Å²) in [7, 11) is -2.19. The standard InChI is InChI=1S/C14H26O3Si/c1-10(2)18(11(3)4,12(5)6)17-14(16)13(7)8-9-15/h8-12H,1-7H3/b13-8-. The zero-order valence-electron chi connectivity index (χ0n) is 12.6. The van der Waals surface area contributed by atoms with E-state index in [1.165, 1.54) is 6.08 Å². The quantitative estimate of drug-likeness (QED) is 0.418. The first kappa shape index (κ1) is 17.1. The second-order valence-corrected chi connectivity index (χ2v) is 11.1. The van der Waals surface area contributed by atoms with E-state index >= 15 is 0 Å². The molecule has 0 aliphatic rings. The normalized spacial score (nSPS) is 13.3. The minimum Gasteiger partial charge on any atom is -0.515 e. The van der Waals surface area contributed by atoms with Gasteiger partial charge in [-0.15, -0.1) is 0 Å². The number of hydrogen-bond donors (Lipinski definition) is 0. The molecule has 104 valence electrons. The van der Waals surface area contributed by atoms with Gasteiger partial charge in [-0.3, -0.25) is 4.79 Å². The molecule has 4 heteroatoms. The van der Waals surface area contributed by atoms with E-state index in [1.54, 1.807) is 6.92 Å². The molecule has 0 fully saturated rings. The smallest absolute Gasteiger partial charge is 0.320 e. The van der Waals surface area contributed by atoms with E-state index in [2.05, 4.69) is 41.5 Å². The summed E-state index contributed by atoms with van der Waals surface area (Å²) in [5, 5.41) is 0. The molecule has 0 spiro atoms. The molecule has 0 aliphatic heterocycles. The fourth-order valence-electron chi connectivity index (χ4n) is 2.76. The summed E-state index contributed by atoms with van der Waals surface area (Å²) in [4.78, 5) is 22.5. The number of carbonyl (C=O) groups is 2. The molecule has 0 unspecified atom stereocenters. The first-order valence-electron chi connectivity index (χ1n) is 6.55. The molecule has 0 saturated carbocycles. The number of carbonyl (C=O) groups excluding carboxylic acids is 2. The van der Waals surface area contributed by atoms with Crippen LogP contribution in [0, 0.1) is 0 Å². The Morgan fingerprint density at radius 1 is 1.00 bits per heavy atom. The maximum Gasteiger partial charge on any atom is 0.320 e. The molecule has 0 amide bonds. The zero-order chi connectivity index (χ0) is 14.5. The van der Waals surface area contributed by atoms with Crippen LogP contribution in [0.25, 0.3) is 0 Å². The van der Waals surface area contributed by atoms with Gasteiger partial charge in [-0.2, -0.15) is 0 Å². The van der Waals surface area contributed by atoms with Gasteiger partial charge >= 0.3 is 5.97 Å². The topological polar surface area (TPSA) is 43.4 Å². The lowest BCUT2D eigenvalue weighted by molar-refractivity contribution is -0.131. The second kappa shape index (κ2) is 6.88. The molecule has 0 aromatic carbocycles. The van der Waals surface area contributed by atoms with Crippen molar-refractivity contribution in [1.29, 1.82) is 0 Å². The summed E-state index contributed by atoms with van der Waals surface area (Å²) in [6.07, 6.45) is 1.89. The van der Waals surface area contributed by atoms with Crippen LogP contribution in [0.4, 0.5) is 0 Å². The first-order chi connectivity index (χ1) is 8.20. The summed E-state index contributed by atoms with van der Waals surface area (Å²) in [6.45, 7) is 14.4. The summed E-state index contributed by atoms with van der Waals surface area (Å²) in [5.41, 5.74) is 1.44. The van der Waals surface area contributed by atoms with Crippen molar-refractivity contribution < 1.29 is 14.0 Å². The molecule has 0 aliphatic carbocycles.